The van der Waals surface area contributed by atoms with Crippen LogP contribution in [0.3, 0.4) is 0 Å². The topological polar surface area (TPSA) is 81.5 Å². The summed E-state index contributed by atoms with van der Waals surface area (Å²) in [7, 11) is 0. The molecule has 19 heavy (non-hydrogen) atoms. The molecule has 4 nitrogen and oxygen atoms in total. The maximum Gasteiger partial charge on any atom is 0.280 e. The van der Waals surface area contributed by atoms with Crippen LogP contribution in [-0.2, 0) is 0 Å². The van der Waals surface area contributed by atoms with Crippen LogP contribution in [0.5, 0.6) is 0 Å². The Hall–Kier alpha value is -2.10. The second-order valence-corrected chi connectivity index (χ2v) is 4.98. The summed E-state index contributed by atoms with van der Waals surface area (Å²) in [4.78, 5) is 15.5. The smallest absolute Gasteiger partial charge is 0.280 e. The van der Waals surface area contributed by atoms with Crippen LogP contribution < -0.4 is 11.5 Å². The molecule has 2 rings (SSSR count). The predicted molar refractivity (Wildman–Crippen MR) is 77.2 cm³/mol. The molecule has 0 saturated carbocycles. The summed E-state index contributed by atoms with van der Waals surface area (Å²) in [6.07, 6.45) is 6.70. The summed E-state index contributed by atoms with van der Waals surface area (Å²) in [5.74, 6) is -0.120. The van der Waals surface area contributed by atoms with Gasteiger partial charge in [0.05, 0.1) is 0 Å². The number of aliphatic imine (C=N–C) groups is 1. The van der Waals surface area contributed by atoms with Crippen molar-refractivity contribution in [1.82, 2.24) is 0 Å². The minimum atomic E-state index is -0.380. The molecular formula is C15H19N3O. The predicted octanol–water partition coefficient (Wildman–Crippen LogP) is 2.15. The summed E-state index contributed by atoms with van der Waals surface area (Å²) < 4.78 is 0. The summed E-state index contributed by atoms with van der Waals surface area (Å²) in [5, 5.41) is 0. The normalized spacial score (nSPS) is 17.5. The van der Waals surface area contributed by atoms with Gasteiger partial charge in [0, 0.05) is 11.5 Å². The number of hydrogen-bond donors (Lipinski definition) is 2. The Bertz CT molecular complexity index is 569. The number of nitrogens with zero attached hydrogens (tertiary/aromatic N) is 1. The van der Waals surface area contributed by atoms with E-state index in [0.29, 0.717) is 11.5 Å². The molecule has 0 fully saturated rings. The third kappa shape index (κ3) is 2.84. The Labute approximate surface area is 113 Å². The molecular weight excluding hydrogens is 238 g/mol. The van der Waals surface area contributed by atoms with Gasteiger partial charge in [-0.3, -0.25) is 4.79 Å². The van der Waals surface area contributed by atoms with E-state index in [0.717, 1.165) is 24.0 Å². The molecule has 1 aromatic carbocycles. The van der Waals surface area contributed by atoms with Crippen LogP contribution in [0, 0.1) is 13.8 Å². The lowest BCUT2D eigenvalue weighted by atomic mass is 9.90. The Morgan fingerprint density at radius 2 is 2.00 bits per heavy atom. The van der Waals surface area contributed by atoms with Gasteiger partial charge in [-0.1, -0.05) is 18.2 Å². The van der Waals surface area contributed by atoms with Crippen molar-refractivity contribution in [3.63, 3.8) is 0 Å². The Morgan fingerprint density at radius 3 is 2.58 bits per heavy atom. The van der Waals surface area contributed by atoms with Gasteiger partial charge in [-0.2, -0.15) is 4.99 Å². The third-order valence-corrected chi connectivity index (χ3v) is 3.49. The highest BCUT2D eigenvalue weighted by Crippen LogP contribution is 2.32. The SMILES string of the molecule is Cc1cc(C2C=CCC2)c(C)cc1C(=O)N=C(N)N. The lowest BCUT2D eigenvalue weighted by molar-refractivity contribution is 0.100. The fourth-order valence-electron chi connectivity index (χ4n) is 2.54. The zero-order valence-electron chi connectivity index (χ0n) is 11.3. The molecule has 1 atom stereocenters. The van der Waals surface area contributed by atoms with Gasteiger partial charge >= 0.3 is 0 Å². The number of hydrogen-bond acceptors (Lipinski definition) is 1. The molecule has 4 heteroatoms. The number of guanidine groups is 1. The van der Waals surface area contributed by atoms with E-state index in [1.807, 2.05) is 19.9 Å². The van der Waals surface area contributed by atoms with Gasteiger partial charge in [0.2, 0.25) is 0 Å². The second-order valence-electron chi connectivity index (χ2n) is 4.98. The van der Waals surface area contributed by atoms with Gasteiger partial charge < -0.3 is 11.5 Å². The number of allylic oxidation sites excluding steroid dienone is 2. The van der Waals surface area contributed by atoms with Crippen LogP contribution in [0.15, 0.2) is 29.3 Å². The van der Waals surface area contributed by atoms with Crippen LogP contribution >= 0.6 is 0 Å². The monoisotopic (exact) mass is 257 g/mol. The molecule has 0 aromatic heterocycles. The van der Waals surface area contributed by atoms with Crippen LogP contribution in [0.1, 0.15) is 45.8 Å². The first-order valence-corrected chi connectivity index (χ1v) is 6.41. The molecule has 1 aliphatic carbocycles. The van der Waals surface area contributed by atoms with E-state index in [-0.39, 0.29) is 11.9 Å². The van der Waals surface area contributed by atoms with Gasteiger partial charge in [-0.05, 0) is 49.4 Å². The fraction of sp³-hybridized carbons (Fsp3) is 0.333. The third-order valence-electron chi connectivity index (χ3n) is 3.49. The Kier molecular flexibility index (Phi) is 3.69. The molecule has 0 heterocycles. The van der Waals surface area contributed by atoms with Crippen molar-refractivity contribution >= 4 is 11.9 Å². The molecule has 1 aromatic rings. The number of amides is 1. The van der Waals surface area contributed by atoms with Crippen molar-refractivity contribution in [2.75, 3.05) is 0 Å². The second kappa shape index (κ2) is 5.26. The number of nitrogens with two attached hydrogens (primary N) is 2. The molecule has 4 N–H and O–H groups in total. The Balaban J connectivity index is 2.39. The van der Waals surface area contributed by atoms with E-state index in [1.54, 1.807) is 0 Å². The fourth-order valence-corrected chi connectivity index (χ4v) is 2.54. The average Bonchev–Trinajstić information content (AvgIpc) is 2.84. The van der Waals surface area contributed by atoms with Crippen molar-refractivity contribution < 1.29 is 4.79 Å². The molecule has 0 aliphatic heterocycles. The minimum absolute atomic E-state index is 0.204. The van der Waals surface area contributed by atoms with Crippen LogP contribution in [0.2, 0.25) is 0 Å². The number of carbonyl (C=O) groups excluding carboxylic acids is 1. The molecule has 0 radical (unpaired) electrons. The Morgan fingerprint density at radius 1 is 1.26 bits per heavy atom. The van der Waals surface area contributed by atoms with E-state index in [2.05, 4.69) is 23.2 Å². The average molecular weight is 257 g/mol. The largest absolute Gasteiger partial charge is 0.370 e. The molecule has 0 spiro atoms. The molecule has 0 saturated heterocycles. The van der Waals surface area contributed by atoms with Crippen LogP contribution in [-0.4, -0.2) is 11.9 Å². The summed E-state index contributed by atoms with van der Waals surface area (Å²) >= 11 is 0. The van der Waals surface area contributed by atoms with E-state index < -0.39 is 0 Å². The molecule has 0 bridgehead atoms. The van der Waals surface area contributed by atoms with Gasteiger partial charge in [-0.15, -0.1) is 0 Å². The lowest BCUT2D eigenvalue weighted by Crippen LogP contribution is -2.24. The van der Waals surface area contributed by atoms with Gasteiger partial charge in [0.15, 0.2) is 5.96 Å². The van der Waals surface area contributed by atoms with Crippen molar-refractivity contribution in [2.45, 2.75) is 32.6 Å². The molecule has 1 unspecified atom stereocenters. The highest BCUT2D eigenvalue weighted by Gasteiger charge is 2.17. The highest BCUT2D eigenvalue weighted by atomic mass is 16.1. The number of carbonyl (C=O) groups is 1. The van der Waals surface area contributed by atoms with Crippen molar-refractivity contribution in [1.29, 1.82) is 0 Å². The summed E-state index contributed by atoms with van der Waals surface area (Å²) in [6, 6.07) is 3.96. The summed E-state index contributed by atoms with van der Waals surface area (Å²) in [5.41, 5.74) is 14.4. The van der Waals surface area contributed by atoms with Gasteiger partial charge in [0.25, 0.3) is 5.91 Å². The van der Waals surface area contributed by atoms with Crippen molar-refractivity contribution in [3.8, 4) is 0 Å². The number of benzene rings is 1. The summed E-state index contributed by atoms with van der Waals surface area (Å²) in [6.45, 7) is 3.93. The minimum Gasteiger partial charge on any atom is -0.370 e. The number of aryl methyl sites for hydroxylation is 2. The van der Waals surface area contributed by atoms with E-state index in [4.69, 9.17) is 11.5 Å². The van der Waals surface area contributed by atoms with Gasteiger partial charge in [0.1, 0.15) is 0 Å². The van der Waals surface area contributed by atoms with Crippen molar-refractivity contribution in [2.24, 2.45) is 16.5 Å². The van der Waals surface area contributed by atoms with E-state index >= 15 is 0 Å². The lowest BCUT2D eigenvalue weighted by Gasteiger charge is -2.14. The first kappa shape index (κ1) is 13.3. The first-order chi connectivity index (χ1) is 8.99. The van der Waals surface area contributed by atoms with Gasteiger partial charge in [-0.25, -0.2) is 0 Å². The quantitative estimate of drug-likeness (QED) is 0.484. The molecule has 1 aliphatic rings. The maximum atomic E-state index is 11.9. The van der Waals surface area contributed by atoms with Crippen molar-refractivity contribution in [3.05, 3.63) is 46.5 Å². The van der Waals surface area contributed by atoms with Crippen LogP contribution in [0.25, 0.3) is 0 Å². The van der Waals surface area contributed by atoms with E-state index in [9.17, 15) is 4.79 Å². The van der Waals surface area contributed by atoms with E-state index in [1.165, 1.54) is 5.56 Å². The zero-order chi connectivity index (χ0) is 14.0. The molecule has 1 amide bonds. The molecule has 100 valence electrons. The number of rotatable bonds is 2. The highest BCUT2D eigenvalue weighted by molar-refractivity contribution is 6.03. The standard InChI is InChI=1S/C15H19N3O/c1-9-8-13(14(19)18-15(16)17)10(2)7-12(9)11-5-3-4-6-11/h3,5,7-8,11H,4,6H2,1-2H3,(H4,16,17,18,19). The first-order valence-electron chi connectivity index (χ1n) is 6.41. The van der Waals surface area contributed by atoms with Crippen LogP contribution in [0.4, 0.5) is 0 Å². The zero-order valence-corrected chi connectivity index (χ0v) is 11.3. The maximum absolute atomic E-state index is 11.9.